The number of carboxylic acids is 1. The van der Waals surface area contributed by atoms with Gasteiger partial charge in [-0.1, -0.05) is 0 Å². The molecule has 1 aromatic heterocycles. The van der Waals surface area contributed by atoms with Gasteiger partial charge in [0.15, 0.2) is 0 Å². The molecule has 2 saturated carbocycles. The summed E-state index contributed by atoms with van der Waals surface area (Å²) >= 11 is 0. The summed E-state index contributed by atoms with van der Waals surface area (Å²) in [5, 5.41) is 15.8. The third-order valence-electron chi connectivity index (χ3n) is 4.56. The number of aromatic carboxylic acids is 1. The van der Waals surface area contributed by atoms with Crippen LogP contribution in [0, 0.1) is 11.8 Å². The highest BCUT2D eigenvalue weighted by Crippen LogP contribution is 2.31. The number of carbonyl (C=O) groups is 1. The summed E-state index contributed by atoms with van der Waals surface area (Å²) in [6, 6.07) is 4.90. The van der Waals surface area contributed by atoms with E-state index in [0.29, 0.717) is 17.5 Å². The molecule has 0 bridgehead atoms. The highest BCUT2D eigenvalue weighted by Gasteiger charge is 2.21. The Balaban J connectivity index is 1.43. The quantitative estimate of drug-likeness (QED) is 0.633. The van der Waals surface area contributed by atoms with Crippen LogP contribution in [-0.2, 0) is 0 Å². The normalized spacial score (nSPS) is 16.2. The first-order valence-electron chi connectivity index (χ1n) is 9.02. The number of hydrogen-bond acceptors (Lipinski definition) is 6. The monoisotopic (exact) mass is 354 g/mol. The van der Waals surface area contributed by atoms with Gasteiger partial charge in [0, 0.05) is 24.8 Å². The number of benzene rings is 1. The van der Waals surface area contributed by atoms with Gasteiger partial charge in [0.25, 0.3) is 0 Å². The SMILES string of the molecule is O=C(O)c1cc(NCC2CC2)cc(Oc2cnc(NCC3CC3)cn2)c1. The molecule has 7 nitrogen and oxygen atoms in total. The zero-order valence-corrected chi connectivity index (χ0v) is 14.4. The van der Waals surface area contributed by atoms with Gasteiger partial charge in [-0.05, 0) is 49.7 Å². The van der Waals surface area contributed by atoms with Crippen LogP contribution in [0.3, 0.4) is 0 Å². The van der Waals surface area contributed by atoms with Crippen molar-refractivity contribution in [2.24, 2.45) is 11.8 Å². The summed E-state index contributed by atoms with van der Waals surface area (Å²) in [6.07, 6.45) is 8.18. The first kappa shape index (κ1) is 16.6. The molecule has 0 saturated heterocycles. The lowest BCUT2D eigenvalue weighted by molar-refractivity contribution is 0.0696. The van der Waals surface area contributed by atoms with Crippen molar-refractivity contribution >= 4 is 17.5 Å². The second-order valence-corrected chi connectivity index (χ2v) is 7.04. The van der Waals surface area contributed by atoms with E-state index in [-0.39, 0.29) is 5.56 Å². The number of rotatable bonds is 9. The first-order chi connectivity index (χ1) is 12.7. The maximum absolute atomic E-state index is 11.4. The second-order valence-electron chi connectivity index (χ2n) is 7.04. The average Bonchev–Trinajstić information content (AvgIpc) is 3.54. The molecule has 2 aliphatic carbocycles. The zero-order chi connectivity index (χ0) is 17.9. The molecule has 0 amide bonds. The number of aromatic nitrogens is 2. The van der Waals surface area contributed by atoms with Gasteiger partial charge in [-0.25, -0.2) is 14.8 Å². The van der Waals surface area contributed by atoms with Crippen LogP contribution in [-0.4, -0.2) is 34.1 Å². The van der Waals surface area contributed by atoms with Gasteiger partial charge in [-0.3, -0.25) is 0 Å². The molecule has 136 valence electrons. The number of carboxylic acid groups (broad SMARTS) is 1. The standard InChI is InChI=1S/C19H22N4O3/c24-19(25)14-5-15(20-8-12-1-2-12)7-16(6-14)26-18-11-22-17(10-23-18)21-9-13-3-4-13/h5-7,10-13,20H,1-4,8-9H2,(H,21,22)(H,24,25). The fourth-order valence-electron chi connectivity index (χ4n) is 2.62. The van der Waals surface area contributed by atoms with E-state index in [1.165, 1.54) is 31.7 Å². The zero-order valence-electron chi connectivity index (χ0n) is 14.4. The molecule has 7 heteroatoms. The molecule has 2 aromatic rings. The maximum Gasteiger partial charge on any atom is 0.335 e. The fourth-order valence-corrected chi connectivity index (χ4v) is 2.62. The van der Waals surface area contributed by atoms with Crippen molar-refractivity contribution in [3.05, 3.63) is 36.2 Å². The van der Waals surface area contributed by atoms with Crippen molar-refractivity contribution in [1.29, 1.82) is 0 Å². The molecule has 4 rings (SSSR count). The topological polar surface area (TPSA) is 96.4 Å². The fraction of sp³-hybridized carbons (Fsp3) is 0.421. The molecule has 0 atom stereocenters. The van der Waals surface area contributed by atoms with Crippen molar-refractivity contribution in [3.63, 3.8) is 0 Å². The van der Waals surface area contributed by atoms with Crippen molar-refractivity contribution in [2.45, 2.75) is 25.7 Å². The van der Waals surface area contributed by atoms with Crippen LogP contribution in [0.4, 0.5) is 11.5 Å². The number of nitrogens with zero attached hydrogens (tertiary/aromatic N) is 2. The third kappa shape index (κ3) is 4.62. The van der Waals surface area contributed by atoms with Gasteiger partial charge >= 0.3 is 5.97 Å². The molecular formula is C19H22N4O3. The Bertz CT molecular complexity index is 786. The van der Waals surface area contributed by atoms with Crippen LogP contribution in [0.1, 0.15) is 36.0 Å². The van der Waals surface area contributed by atoms with Crippen LogP contribution >= 0.6 is 0 Å². The summed E-state index contributed by atoms with van der Waals surface area (Å²) in [6.45, 7) is 1.77. The second kappa shape index (κ2) is 7.19. The Hall–Kier alpha value is -2.83. The van der Waals surface area contributed by atoms with E-state index in [0.717, 1.165) is 30.5 Å². The predicted molar refractivity (Wildman–Crippen MR) is 97.9 cm³/mol. The van der Waals surface area contributed by atoms with E-state index in [1.807, 2.05) is 0 Å². The van der Waals surface area contributed by atoms with Gasteiger partial charge in [0.05, 0.1) is 18.0 Å². The van der Waals surface area contributed by atoms with Crippen LogP contribution < -0.4 is 15.4 Å². The van der Waals surface area contributed by atoms with Crippen molar-refractivity contribution in [2.75, 3.05) is 23.7 Å². The third-order valence-corrected chi connectivity index (χ3v) is 4.56. The van der Waals surface area contributed by atoms with Gasteiger partial charge in [-0.15, -0.1) is 0 Å². The summed E-state index contributed by atoms with van der Waals surface area (Å²) in [4.78, 5) is 19.9. The summed E-state index contributed by atoms with van der Waals surface area (Å²) in [5.74, 6) is 1.93. The molecule has 0 spiro atoms. The summed E-state index contributed by atoms with van der Waals surface area (Å²) in [7, 11) is 0. The Morgan fingerprint density at radius 1 is 1.04 bits per heavy atom. The highest BCUT2D eigenvalue weighted by atomic mass is 16.5. The lowest BCUT2D eigenvalue weighted by Gasteiger charge is -2.11. The first-order valence-corrected chi connectivity index (χ1v) is 9.02. The van der Waals surface area contributed by atoms with E-state index in [1.54, 1.807) is 24.5 Å². The predicted octanol–water partition coefficient (Wildman–Crippen LogP) is 3.61. The number of nitrogens with one attached hydrogen (secondary N) is 2. The lowest BCUT2D eigenvalue weighted by atomic mass is 10.2. The molecule has 2 aliphatic rings. The molecule has 0 aliphatic heterocycles. The van der Waals surface area contributed by atoms with E-state index < -0.39 is 5.97 Å². The van der Waals surface area contributed by atoms with Gasteiger partial charge < -0.3 is 20.5 Å². The van der Waals surface area contributed by atoms with E-state index in [4.69, 9.17) is 4.74 Å². The molecule has 26 heavy (non-hydrogen) atoms. The minimum atomic E-state index is -0.990. The van der Waals surface area contributed by atoms with Crippen molar-refractivity contribution < 1.29 is 14.6 Å². The molecule has 0 unspecified atom stereocenters. The van der Waals surface area contributed by atoms with E-state index in [2.05, 4.69) is 20.6 Å². The number of ether oxygens (including phenoxy) is 1. The van der Waals surface area contributed by atoms with E-state index >= 15 is 0 Å². The molecule has 3 N–H and O–H groups in total. The number of hydrogen-bond donors (Lipinski definition) is 3. The smallest absolute Gasteiger partial charge is 0.335 e. The largest absolute Gasteiger partial charge is 0.478 e. The Labute approximate surface area is 151 Å². The molecule has 1 heterocycles. The van der Waals surface area contributed by atoms with Crippen molar-refractivity contribution in [3.8, 4) is 11.6 Å². The average molecular weight is 354 g/mol. The van der Waals surface area contributed by atoms with Gasteiger partial charge in [0.1, 0.15) is 11.6 Å². The van der Waals surface area contributed by atoms with E-state index in [9.17, 15) is 9.90 Å². The van der Waals surface area contributed by atoms with Crippen LogP contribution in [0.25, 0.3) is 0 Å². The molecular weight excluding hydrogens is 332 g/mol. The minimum Gasteiger partial charge on any atom is -0.478 e. The highest BCUT2D eigenvalue weighted by molar-refractivity contribution is 5.89. The summed E-state index contributed by atoms with van der Waals surface area (Å²) < 4.78 is 5.72. The van der Waals surface area contributed by atoms with Crippen LogP contribution in [0.2, 0.25) is 0 Å². The Kier molecular flexibility index (Phi) is 4.60. The summed E-state index contributed by atoms with van der Waals surface area (Å²) in [5.41, 5.74) is 0.916. The maximum atomic E-state index is 11.4. The lowest BCUT2D eigenvalue weighted by Crippen LogP contribution is -2.06. The Morgan fingerprint density at radius 2 is 1.77 bits per heavy atom. The number of anilines is 2. The molecule has 0 radical (unpaired) electrons. The Morgan fingerprint density at radius 3 is 2.38 bits per heavy atom. The molecule has 1 aromatic carbocycles. The molecule has 2 fully saturated rings. The van der Waals surface area contributed by atoms with Crippen LogP contribution in [0.15, 0.2) is 30.6 Å². The van der Waals surface area contributed by atoms with Gasteiger partial charge in [-0.2, -0.15) is 0 Å². The van der Waals surface area contributed by atoms with Crippen LogP contribution in [0.5, 0.6) is 11.6 Å². The van der Waals surface area contributed by atoms with Crippen molar-refractivity contribution in [1.82, 2.24) is 9.97 Å². The minimum absolute atomic E-state index is 0.177. The van der Waals surface area contributed by atoms with Gasteiger partial charge in [0.2, 0.25) is 5.88 Å².